The molecule has 3 fully saturated rings. The Morgan fingerprint density at radius 3 is 2.51 bits per heavy atom. The summed E-state index contributed by atoms with van der Waals surface area (Å²) in [7, 11) is -4.08. The largest absolute Gasteiger partial charge is 0.486 e. The summed E-state index contributed by atoms with van der Waals surface area (Å²) in [6.07, 6.45) is 3.00. The Kier molecular flexibility index (Phi) is 11.0. The summed E-state index contributed by atoms with van der Waals surface area (Å²) in [5.41, 5.74) is -3.91. The van der Waals surface area contributed by atoms with Crippen LogP contribution >= 0.6 is 0 Å². The maximum atomic E-state index is 14.8. The molecule has 2 aromatic rings. The standard InChI is InChI=1S/C40H51F2N5O11S/c1-22-9-7-8-10-24-20-40(24,35(50)46-59(52,53)38(5)14-15-38)45-32(48)28-19-25(57-33-27-11-12-29-31(55-18-17-54-29)26(27)13-16-43-33)21-47(28)34(49)30(23(2)56-22)44-36(51)58-37(3,4)39(6,41)42/h8,10-13,16,22-25,28,30H,7,9,14-15,17-21H2,1-6H3,(H,44,51)(H,45,48)(H,46,50)/b10-8-/t22-,23-,24+,25+,28-,30-,40+/m0/s1. The van der Waals surface area contributed by atoms with Crippen molar-refractivity contribution in [1.82, 2.24) is 25.2 Å². The van der Waals surface area contributed by atoms with E-state index in [0.717, 1.165) is 13.8 Å². The summed E-state index contributed by atoms with van der Waals surface area (Å²) in [6, 6.07) is 2.35. The van der Waals surface area contributed by atoms with E-state index in [9.17, 15) is 36.4 Å². The van der Waals surface area contributed by atoms with Crippen LogP contribution in [0.3, 0.4) is 0 Å². The highest BCUT2D eigenvalue weighted by atomic mass is 32.2. The SMILES string of the molecule is C[C@@H]1O[C@@H](C)CC/C=C\[C@@H]2C[C@@]2(C(=O)NS(=O)(=O)C2(C)CC2)NC(=O)[C@@H]2C[C@@H](Oc3nccc4c5c(ccc34)OCCO5)CN2C(=O)[C@H]1NC(=O)OC(C)(C)C(C)(F)F. The number of fused-ring (bicyclic) bond motifs is 5. The van der Waals surface area contributed by atoms with Crippen LogP contribution in [0, 0.1) is 5.92 Å². The van der Waals surface area contributed by atoms with E-state index >= 15 is 0 Å². The second-order valence-electron chi connectivity index (χ2n) is 17.0. The normalized spacial score (nSPS) is 30.1. The third kappa shape index (κ3) is 8.36. The first kappa shape index (κ1) is 42.3. The number of sulfonamides is 1. The highest BCUT2D eigenvalue weighted by molar-refractivity contribution is 7.91. The molecular weight excluding hydrogens is 797 g/mol. The second kappa shape index (κ2) is 15.4. The van der Waals surface area contributed by atoms with Gasteiger partial charge in [0, 0.05) is 36.2 Å². The fourth-order valence-electron chi connectivity index (χ4n) is 7.57. The molecule has 0 unspecified atom stereocenters. The van der Waals surface area contributed by atoms with E-state index in [1.54, 1.807) is 38.1 Å². The average molecular weight is 848 g/mol. The lowest BCUT2D eigenvalue weighted by Gasteiger charge is -2.35. The molecule has 7 rings (SSSR count). The topological polar surface area (TPSA) is 201 Å². The van der Waals surface area contributed by atoms with E-state index in [4.69, 9.17) is 23.7 Å². The van der Waals surface area contributed by atoms with Gasteiger partial charge in [-0.25, -0.2) is 27.0 Å². The Morgan fingerprint density at radius 1 is 1.07 bits per heavy atom. The van der Waals surface area contributed by atoms with Crippen molar-refractivity contribution in [3.63, 3.8) is 0 Å². The number of hydrogen-bond acceptors (Lipinski definition) is 12. The van der Waals surface area contributed by atoms with Gasteiger partial charge in [-0.2, -0.15) is 0 Å². The molecule has 0 radical (unpaired) electrons. The maximum absolute atomic E-state index is 14.8. The predicted octanol–water partition coefficient (Wildman–Crippen LogP) is 3.90. The van der Waals surface area contributed by atoms with Gasteiger partial charge in [0.25, 0.3) is 11.8 Å². The number of alkyl halides is 2. The number of benzene rings is 1. The van der Waals surface area contributed by atoms with Crippen LogP contribution in [0.25, 0.3) is 10.8 Å². The summed E-state index contributed by atoms with van der Waals surface area (Å²) in [4.78, 5) is 62.2. The van der Waals surface area contributed by atoms with Gasteiger partial charge in [0.1, 0.15) is 36.9 Å². The molecule has 59 heavy (non-hydrogen) atoms. The number of aromatic nitrogens is 1. The van der Waals surface area contributed by atoms with Gasteiger partial charge in [0.05, 0.1) is 23.5 Å². The fourth-order valence-corrected chi connectivity index (χ4v) is 8.88. The minimum absolute atomic E-state index is 0.0981. The number of amides is 4. The van der Waals surface area contributed by atoms with Crippen LogP contribution in [0.1, 0.15) is 80.1 Å². The Morgan fingerprint density at radius 2 is 1.80 bits per heavy atom. The zero-order valence-corrected chi connectivity index (χ0v) is 34.7. The number of ether oxygens (including phenoxy) is 5. The maximum Gasteiger partial charge on any atom is 0.408 e. The van der Waals surface area contributed by atoms with Crippen LogP contribution in [0.5, 0.6) is 17.4 Å². The summed E-state index contributed by atoms with van der Waals surface area (Å²) in [5, 5.41) is 6.46. The highest BCUT2D eigenvalue weighted by Gasteiger charge is 2.63. The van der Waals surface area contributed by atoms with Gasteiger partial charge in [-0.1, -0.05) is 12.2 Å². The molecule has 4 heterocycles. The van der Waals surface area contributed by atoms with E-state index in [-0.39, 0.29) is 25.3 Å². The van der Waals surface area contributed by atoms with Gasteiger partial charge < -0.3 is 39.2 Å². The number of carbonyl (C=O) groups is 4. The van der Waals surface area contributed by atoms with Crippen molar-refractivity contribution in [2.24, 2.45) is 5.92 Å². The quantitative estimate of drug-likeness (QED) is 0.324. The molecule has 16 nitrogen and oxygen atoms in total. The fraction of sp³-hybridized carbons (Fsp3) is 0.625. The molecule has 4 amide bonds. The number of halogens is 2. The predicted molar refractivity (Wildman–Crippen MR) is 207 cm³/mol. The lowest BCUT2D eigenvalue weighted by Crippen LogP contribution is -2.60. The Balaban J connectivity index is 1.23. The zero-order valence-electron chi connectivity index (χ0n) is 33.8. The van der Waals surface area contributed by atoms with Gasteiger partial charge >= 0.3 is 6.09 Å². The zero-order chi connectivity index (χ0) is 42.7. The van der Waals surface area contributed by atoms with Crippen molar-refractivity contribution in [1.29, 1.82) is 0 Å². The number of rotatable bonds is 8. The Bertz CT molecular complexity index is 2160. The third-order valence-electron chi connectivity index (χ3n) is 12.1. The van der Waals surface area contributed by atoms with Crippen molar-refractivity contribution in [2.45, 2.75) is 132 Å². The molecule has 0 bridgehead atoms. The molecule has 2 saturated carbocycles. The van der Waals surface area contributed by atoms with Gasteiger partial charge in [0.15, 0.2) is 17.1 Å². The molecule has 19 heteroatoms. The summed E-state index contributed by atoms with van der Waals surface area (Å²) in [6.45, 7) is 8.02. The lowest BCUT2D eigenvalue weighted by molar-refractivity contribution is -0.153. The first-order chi connectivity index (χ1) is 27.6. The van der Waals surface area contributed by atoms with Crippen LogP contribution in [-0.4, -0.2) is 114 Å². The molecule has 0 spiro atoms. The first-order valence-corrected chi connectivity index (χ1v) is 21.4. The van der Waals surface area contributed by atoms with E-state index in [2.05, 4.69) is 20.3 Å². The summed E-state index contributed by atoms with van der Waals surface area (Å²) in [5.74, 6) is -5.26. The molecule has 7 atom stereocenters. The van der Waals surface area contributed by atoms with E-state index in [0.29, 0.717) is 68.1 Å². The van der Waals surface area contributed by atoms with Crippen LogP contribution in [0.2, 0.25) is 0 Å². The smallest absolute Gasteiger partial charge is 0.408 e. The van der Waals surface area contributed by atoms with E-state index < -0.39 is 92.0 Å². The van der Waals surface area contributed by atoms with Gasteiger partial charge in [-0.3, -0.25) is 19.1 Å². The first-order valence-electron chi connectivity index (χ1n) is 19.9. The number of carbonyl (C=O) groups excluding carboxylic acids is 4. The number of pyridine rings is 1. The molecular formula is C40H51F2N5O11S. The minimum atomic E-state index is -4.08. The average Bonchev–Trinajstić information content (AvgIpc) is 4.04. The molecule has 3 aliphatic heterocycles. The number of hydrogen-bond donors (Lipinski definition) is 3. The van der Waals surface area contributed by atoms with Crippen LogP contribution in [-0.2, 0) is 33.9 Å². The van der Waals surface area contributed by atoms with Crippen molar-refractivity contribution in [3.05, 3.63) is 36.5 Å². The second-order valence-corrected chi connectivity index (χ2v) is 19.2. The Labute approximate surface area is 341 Å². The minimum Gasteiger partial charge on any atom is -0.486 e. The molecule has 1 saturated heterocycles. The third-order valence-corrected chi connectivity index (χ3v) is 14.3. The van der Waals surface area contributed by atoms with Crippen molar-refractivity contribution in [2.75, 3.05) is 19.8 Å². The number of allylic oxidation sites excluding steroid dienone is 1. The van der Waals surface area contributed by atoms with Gasteiger partial charge in [0.2, 0.25) is 27.7 Å². The Hall–Kier alpha value is -4.78. The molecule has 1 aromatic carbocycles. The number of nitrogens with one attached hydrogen (secondary N) is 3. The number of nitrogens with zero attached hydrogens (tertiary/aromatic N) is 2. The lowest BCUT2D eigenvalue weighted by atomic mass is 10.0. The molecule has 1 aromatic heterocycles. The molecule has 2 aliphatic carbocycles. The van der Waals surface area contributed by atoms with Crippen LogP contribution in [0.15, 0.2) is 36.5 Å². The van der Waals surface area contributed by atoms with Gasteiger partial charge in [-0.15, -0.1) is 0 Å². The molecule has 322 valence electrons. The molecule has 5 aliphatic rings. The van der Waals surface area contributed by atoms with Crippen molar-refractivity contribution < 1.29 is 60.1 Å². The summed E-state index contributed by atoms with van der Waals surface area (Å²) < 4.78 is 85.7. The monoisotopic (exact) mass is 847 g/mol. The summed E-state index contributed by atoms with van der Waals surface area (Å²) >= 11 is 0. The van der Waals surface area contributed by atoms with E-state index in [1.807, 2.05) is 6.08 Å². The van der Waals surface area contributed by atoms with Crippen LogP contribution in [0.4, 0.5) is 13.6 Å². The highest BCUT2D eigenvalue weighted by Crippen LogP contribution is 2.48. The van der Waals surface area contributed by atoms with E-state index in [1.165, 1.54) is 18.0 Å². The molecule has 3 N–H and O–H groups in total. The van der Waals surface area contributed by atoms with Crippen molar-refractivity contribution >= 4 is 44.6 Å². The van der Waals surface area contributed by atoms with Crippen LogP contribution < -0.4 is 29.6 Å². The van der Waals surface area contributed by atoms with Crippen molar-refractivity contribution in [3.8, 4) is 17.4 Å². The van der Waals surface area contributed by atoms with Gasteiger partial charge in [-0.05, 0) is 84.9 Å². The number of alkyl carbamates (subject to hydrolysis) is 1.